The summed E-state index contributed by atoms with van der Waals surface area (Å²) >= 11 is 1.77. The van der Waals surface area contributed by atoms with Crippen LogP contribution in [0.3, 0.4) is 0 Å². The highest BCUT2D eigenvalue weighted by Crippen LogP contribution is 2.44. The Morgan fingerprint density at radius 3 is 2.75 bits per heavy atom. The number of hydrogen-bond acceptors (Lipinski definition) is 4. The summed E-state index contributed by atoms with van der Waals surface area (Å²) in [6.07, 6.45) is 7.87. The maximum atomic E-state index is 5.26. The summed E-state index contributed by atoms with van der Waals surface area (Å²) in [6.45, 7) is 7.67. The van der Waals surface area contributed by atoms with Crippen LogP contribution in [0.5, 0.6) is 0 Å². The molecule has 2 rings (SSSR count). The molecule has 1 saturated carbocycles. The van der Waals surface area contributed by atoms with Gasteiger partial charge in [0.2, 0.25) is 0 Å². The molecule has 1 aliphatic rings. The molecule has 0 aliphatic heterocycles. The van der Waals surface area contributed by atoms with Crippen molar-refractivity contribution in [3.63, 3.8) is 0 Å². The minimum atomic E-state index is 0. The van der Waals surface area contributed by atoms with E-state index in [0.29, 0.717) is 5.41 Å². The molecule has 5 nitrogen and oxygen atoms in total. The van der Waals surface area contributed by atoms with E-state index in [1.807, 2.05) is 6.20 Å². The third kappa shape index (κ3) is 6.84. The Morgan fingerprint density at radius 2 is 2.21 bits per heavy atom. The lowest BCUT2D eigenvalue weighted by atomic mass is 9.67. The summed E-state index contributed by atoms with van der Waals surface area (Å²) in [5.74, 6) is 0.921. The number of hydrogen-bond donors (Lipinski definition) is 2. The van der Waals surface area contributed by atoms with E-state index in [-0.39, 0.29) is 24.0 Å². The van der Waals surface area contributed by atoms with Gasteiger partial charge in [0.25, 0.3) is 0 Å². The lowest BCUT2D eigenvalue weighted by molar-refractivity contribution is 0.0778. The fourth-order valence-electron chi connectivity index (χ4n) is 2.88. The second kappa shape index (κ2) is 11.3. The largest absolute Gasteiger partial charge is 0.385 e. The lowest BCUT2D eigenvalue weighted by Gasteiger charge is -2.40. The normalized spacial score (nSPS) is 16.2. The van der Waals surface area contributed by atoms with Crippen molar-refractivity contribution >= 4 is 41.3 Å². The van der Waals surface area contributed by atoms with Gasteiger partial charge in [0.05, 0.1) is 5.01 Å². The number of rotatable bonds is 9. The van der Waals surface area contributed by atoms with E-state index in [0.717, 1.165) is 45.0 Å². The molecule has 0 bridgehead atoms. The Labute approximate surface area is 167 Å². The third-order valence-electron chi connectivity index (χ3n) is 4.47. The van der Waals surface area contributed by atoms with Crippen molar-refractivity contribution < 1.29 is 4.74 Å². The average molecular weight is 466 g/mol. The first-order chi connectivity index (χ1) is 11.2. The second-order valence-corrected chi connectivity index (χ2v) is 7.65. The zero-order chi connectivity index (χ0) is 16.5. The summed E-state index contributed by atoms with van der Waals surface area (Å²) in [5.41, 5.74) is 0.366. The number of thiazole rings is 1. The predicted molar refractivity (Wildman–Crippen MR) is 113 cm³/mol. The minimum Gasteiger partial charge on any atom is -0.385 e. The zero-order valence-electron chi connectivity index (χ0n) is 15.1. The van der Waals surface area contributed by atoms with Crippen molar-refractivity contribution in [3.8, 4) is 0 Å². The molecule has 0 amide bonds. The van der Waals surface area contributed by atoms with Crippen LogP contribution in [0.25, 0.3) is 0 Å². The first-order valence-corrected chi connectivity index (χ1v) is 9.41. The standard InChI is InChI=1S/C17H30N4OS.HI/c1-4-18-16(19-10-6-15-20-12-14(2)23-15)21-13-17(7-5-8-17)9-11-22-3;/h12H,4-11,13H2,1-3H3,(H2,18,19,21);1H. The summed E-state index contributed by atoms with van der Waals surface area (Å²) < 4.78 is 5.26. The van der Waals surface area contributed by atoms with Gasteiger partial charge in [-0.15, -0.1) is 35.3 Å². The summed E-state index contributed by atoms with van der Waals surface area (Å²) in [5, 5.41) is 7.95. The number of nitrogens with zero attached hydrogens (tertiary/aromatic N) is 2. The van der Waals surface area contributed by atoms with Crippen LogP contribution in [0.1, 0.15) is 42.5 Å². The van der Waals surface area contributed by atoms with Crippen molar-refractivity contribution in [2.45, 2.75) is 46.0 Å². The van der Waals surface area contributed by atoms with Crippen LogP contribution in [0, 0.1) is 12.3 Å². The van der Waals surface area contributed by atoms with Crippen molar-refractivity contribution in [1.82, 2.24) is 15.6 Å². The van der Waals surface area contributed by atoms with Crippen LogP contribution < -0.4 is 10.6 Å². The van der Waals surface area contributed by atoms with E-state index in [9.17, 15) is 0 Å². The molecule has 7 heteroatoms. The SMILES string of the molecule is CCNC(=NCC1(CCOC)CCC1)NCCc1ncc(C)s1.I. The highest BCUT2D eigenvalue weighted by molar-refractivity contribution is 14.0. The Morgan fingerprint density at radius 1 is 1.42 bits per heavy atom. The van der Waals surface area contributed by atoms with Crippen molar-refractivity contribution in [2.24, 2.45) is 10.4 Å². The summed E-state index contributed by atoms with van der Waals surface area (Å²) in [4.78, 5) is 10.5. The van der Waals surface area contributed by atoms with Gasteiger partial charge in [0.15, 0.2) is 5.96 Å². The maximum absolute atomic E-state index is 5.26. The molecule has 0 saturated heterocycles. The van der Waals surface area contributed by atoms with Crippen LogP contribution in [0.15, 0.2) is 11.2 Å². The summed E-state index contributed by atoms with van der Waals surface area (Å²) in [6, 6.07) is 0. The molecule has 138 valence electrons. The van der Waals surface area contributed by atoms with Gasteiger partial charge in [-0.1, -0.05) is 6.42 Å². The quantitative estimate of drug-likeness (QED) is 0.333. The topological polar surface area (TPSA) is 58.5 Å². The summed E-state index contributed by atoms with van der Waals surface area (Å²) in [7, 11) is 1.78. The molecule has 0 spiro atoms. The molecule has 2 N–H and O–H groups in total. The highest BCUT2D eigenvalue weighted by Gasteiger charge is 2.36. The van der Waals surface area contributed by atoms with Gasteiger partial charge in [-0.05, 0) is 38.5 Å². The number of guanidine groups is 1. The van der Waals surface area contributed by atoms with E-state index in [2.05, 4.69) is 29.5 Å². The number of halogens is 1. The Balaban J connectivity index is 0.00000288. The van der Waals surface area contributed by atoms with Crippen LogP contribution >= 0.6 is 35.3 Å². The van der Waals surface area contributed by atoms with E-state index in [1.54, 1.807) is 18.4 Å². The van der Waals surface area contributed by atoms with E-state index < -0.39 is 0 Å². The Hall–Kier alpha value is -0.410. The molecule has 0 radical (unpaired) electrons. The number of aliphatic imine (C=N–C) groups is 1. The third-order valence-corrected chi connectivity index (χ3v) is 5.44. The molecule has 1 aromatic rings. The fraction of sp³-hybridized carbons (Fsp3) is 0.765. The maximum Gasteiger partial charge on any atom is 0.191 e. The average Bonchev–Trinajstić information content (AvgIpc) is 2.91. The number of nitrogens with one attached hydrogen (secondary N) is 2. The van der Waals surface area contributed by atoms with Crippen molar-refractivity contribution in [1.29, 1.82) is 0 Å². The molecular formula is C17H31IN4OS. The second-order valence-electron chi connectivity index (χ2n) is 6.33. The number of aryl methyl sites for hydroxylation is 1. The molecule has 0 unspecified atom stereocenters. The molecule has 1 heterocycles. The predicted octanol–water partition coefficient (Wildman–Crippen LogP) is 3.37. The molecule has 1 aromatic heterocycles. The van der Waals surface area contributed by atoms with Gasteiger partial charge in [-0.3, -0.25) is 4.99 Å². The van der Waals surface area contributed by atoms with Gasteiger partial charge < -0.3 is 15.4 Å². The van der Waals surface area contributed by atoms with E-state index in [1.165, 1.54) is 29.1 Å². The van der Waals surface area contributed by atoms with Crippen molar-refractivity contribution in [2.75, 3.05) is 33.4 Å². The van der Waals surface area contributed by atoms with Crippen LogP contribution in [0.2, 0.25) is 0 Å². The van der Waals surface area contributed by atoms with Crippen molar-refractivity contribution in [3.05, 3.63) is 16.1 Å². The number of aromatic nitrogens is 1. The Kier molecular flexibility index (Phi) is 10.1. The molecule has 1 fully saturated rings. The molecular weight excluding hydrogens is 435 g/mol. The number of ether oxygens (including phenoxy) is 1. The van der Waals surface area contributed by atoms with Crippen LogP contribution in [-0.4, -0.2) is 44.3 Å². The van der Waals surface area contributed by atoms with Gasteiger partial charge >= 0.3 is 0 Å². The number of methoxy groups -OCH3 is 1. The van der Waals surface area contributed by atoms with Crippen LogP contribution in [-0.2, 0) is 11.2 Å². The van der Waals surface area contributed by atoms with E-state index >= 15 is 0 Å². The monoisotopic (exact) mass is 466 g/mol. The Bertz CT molecular complexity index is 503. The lowest BCUT2D eigenvalue weighted by Crippen LogP contribution is -2.41. The smallest absolute Gasteiger partial charge is 0.191 e. The van der Waals surface area contributed by atoms with Gasteiger partial charge in [-0.2, -0.15) is 0 Å². The first-order valence-electron chi connectivity index (χ1n) is 8.60. The molecule has 1 aliphatic carbocycles. The molecule has 0 atom stereocenters. The van der Waals surface area contributed by atoms with Gasteiger partial charge in [0.1, 0.15) is 0 Å². The highest BCUT2D eigenvalue weighted by atomic mass is 127. The van der Waals surface area contributed by atoms with Crippen LogP contribution in [0.4, 0.5) is 0 Å². The first kappa shape index (κ1) is 21.6. The fourth-order valence-corrected chi connectivity index (χ4v) is 3.66. The van der Waals surface area contributed by atoms with Gasteiger partial charge in [0, 0.05) is 50.8 Å². The molecule has 0 aromatic carbocycles. The van der Waals surface area contributed by atoms with Gasteiger partial charge in [-0.25, -0.2) is 4.98 Å². The zero-order valence-corrected chi connectivity index (χ0v) is 18.2. The minimum absolute atomic E-state index is 0. The van der Waals surface area contributed by atoms with E-state index in [4.69, 9.17) is 9.73 Å². The molecule has 24 heavy (non-hydrogen) atoms.